The zero-order valence-corrected chi connectivity index (χ0v) is 19.0. The van der Waals surface area contributed by atoms with Crippen LogP contribution >= 0.6 is 23.7 Å². The minimum absolute atomic E-state index is 0. The maximum atomic E-state index is 13.3. The number of carbonyl (C=O) groups excluding carboxylic acids is 1. The zero-order valence-electron chi connectivity index (χ0n) is 17.3. The average molecular weight is 422 g/mol. The molecule has 0 saturated heterocycles. The van der Waals surface area contributed by atoms with Gasteiger partial charge in [-0.2, -0.15) is 0 Å². The van der Waals surface area contributed by atoms with Crippen molar-refractivity contribution in [1.29, 1.82) is 0 Å². The Kier molecular flexibility index (Phi) is 7.26. The van der Waals surface area contributed by atoms with Gasteiger partial charge in [0.25, 0.3) is 5.91 Å². The lowest BCUT2D eigenvalue weighted by Gasteiger charge is -2.20. The van der Waals surface area contributed by atoms with Crippen LogP contribution in [-0.2, 0) is 0 Å². The molecule has 2 aromatic heterocycles. The van der Waals surface area contributed by atoms with Gasteiger partial charge in [0.2, 0.25) is 0 Å². The smallest absolute Gasteiger partial charge is 0.263 e. The summed E-state index contributed by atoms with van der Waals surface area (Å²) in [7, 11) is 4.08. The van der Waals surface area contributed by atoms with E-state index in [2.05, 4.69) is 30.9 Å². The molecule has 0 aliphatic heterocycles. The minimum Gasteiger partial charge on any atom is -0.466 e. The van der Waals surface area contributed by atoms with Crippen molar-refractivity contribution < 1.29 is 9.21 Å². The van der Waals surface area contributed by atoms with Crippen molar-refractivity contribution in [3.63, 3.8) is 0 Å². The van der Waals surface area contributed by atoms with Crippen LogP contribution in [0.2, 0.25) is 0 Å². The monoisotopic (exact) mass is 421 g/mol. The minimum atomic E-state index is -0.0449. The molecule has 3 rings (SSSR count). The second kappa shape index (κ2) is 9.07. The molecule has 0 aliphatic rings. The lowest BCUT2D eigenvalue weighted by atomic mass is 10.1. The molecule has 1 aromatic carbocycles. The van der Waals surface area contributed by atoms with Gasteiger partial charge in [-0.3, -0.25) is 9.69 Å². The van der Waals surface area contributed by atoms with Gasteiger partial charge < -0.3 is 9.32 Å². The summed E-state index contributed by atoms with van der Waals surface area (Å²) >= 11 is 1.57. The predicted molar refractivity (Wildman–Crippen MR) is 119 cm³/mol. The quantitative estimate of drug-likeness (QED) is 0.552. The lowest BCUT2D eigenvalue weighted by molar-refractivity contribution is 0.0984. The van der Waals surface area contributed by atoms with E-state index >= 15 is 0 Å². The largest absolute Gasteiger partial charge is 0.466 e. The number of thiazole rings is 1. The van der Waals surface area contributed by atoms with E-state index in [0.29, 0.717) is 17.9 Å². The van der Waals surface area contributed by atoms with Crippen LogP contribution in [0.1, 0.15) is 39.4 Å². The van der Waals surface area contributed by atoms with E-state index < -0.39 is 0 Å². The maximum Gasteiger partial charge on any atom is 0.263 e. The van der Waals surface area contributed by atoms with Gasteiger partial charge in [-0.25, -0.2) is 4.98 Å². The van der Waals surface area contributed by atoms with E-state index in [1.165, 1.54) is 11.1 Å². The van der Waals surface area contributed by atoms with Gasteiger partial charge >= 0.3 is 0 Å². The highest BCUT2D eigenvalue weighted by molar-refractivity contribution is 7.22. The summed E-state index contributed by atoms with van der Waals surface area (Å²) in [5.74, 6) is 1.36. The summed E-state index contributed by atoms with van der Waals surface area (Å²) in [6, 6.07) is 6.02. The van der Waals surface area contributed by atoms with Crippen molar-refractivity contribution in [2.75, 3.05) is 32.1 Å². The molecule has 0 atom stereocenters. The van der Waals surface area contributed by atoms with Gasteiger partial charge in [-0.1, -0.05) is 17.4 Å². The molecule has 7 heteroatoms. The van der Waals surface area contributed by atoms with E-state index in [-0.39, 0.29) is 18.3 Å². The van der Waals surface area contributed by atoms with Gasteiger partial charge in [-0.15, -0.1) is 12.4 Å². The summed E-state index contributed by atoms with van der Waals surface area (Å²) in [4.78, 5) is 22.1. The van der Waals surface area contributed by atoms with Crippen LogP contribution in [0.25, 0.3) is 10.2 Å². The Hall–Kier alpha value is -1.89. The van der Waals surface area contributed by atoms with Crippen LogP contribution in [0.4, 0.5) is 5.13 Å². The van der Waals surface area contributed by atoms with Gasteiger partial charge in [0.1, 0.15) is 11.5 Å². The SMILES string of the molecule is Cc1cc(C(=O)N(CCCN(C)C)c2nc3c(C)c(C)ccc3s2)c(C)o1.Cl. The first-order valence-corrected chi connectivity index (χ1v) is 10.00. The van der Waals surface area contributed by atoms with E-state index in [4.69, 9.17) is 9.40 Å². The second-order valence-electron chi connectivity index (χ2n) is 7.29. The number of fused-ring (bicyclic) bond motifs is 1. The lowest BCUT2D eigenvalue weighted by Crippen LogP contribution is -2.33. The fourth-order valence-electron chi connectivity index (χ4n) is 3.15. The molecule has 0 N–H and O–H groups in total. The third-order valence-corrected chi connectivity index (χ3v) is 5.85. The zero-order chi connectivity index (χ0) is 19.7. The first-order valence-electron chi connectivity index (χ1n) is 9.18. The van der Waals surface area contributed by atoms with Gasteiger partial charge in [0.05, 0.1) is 15.8 Å². The fourth-order valence-corrected chi connectivity index (χ4v) is 4.20. The number of nitrogens with zero attached hydrogens (tertiary/aromatic N) is 3. The Morgan fingerprint density at radius 3 is 2.46 bits per heavy atom. The Morgan fingerprint density at radius 2 is 1.86 bits per heavy atom. The number of amides is 1. The molecule has 0 unspecified atom stereocenters. The number of benzene rings is 1. The Labute approximate surface area is 176 Å². The number of hydrogen-bond donors (Lipinski definition) is 0. The Morgan fingerprint density at radius 1 is 1.14 bits per heavy atom. The van der Waals surface area contributed by atoms with E-state index in [1.807, 2.05) is 34.0 Å². The van der Waals surface area contributed by atoms with Crippen molar-refractivity contribution in [3.8, 4) is 0 Å². The van der Waals surface area contributed by atoms with Crippen molar-refractivity contribution in [2.24, 2.45) is 0 Å². The Bertz CT molecular complexity index is 978. The number of carbonyl (C=O) groups is 1. The van der Waals surface area contributed by atoms with E-state index in [9.17, 15) is 4.79 Å². The molecule has 5 nitrogen and oxygen atoms in total. The average Bonchev–Trinajstić information content (AvgIpc) is 3.17. The number of furan rings is 1. The molecule has 0 saturated carbocycles. The molecule has 1 amide bonds. The highest BCUT2D eigenvalue weighted by Gasteiger charge is 2.24. The number of aryl methyl sites for hydroxylation is 4. The third-order valence-electron chi connectivity index (χ3n) is 4.81. The van der Waals surface area contributed by atoms with Crippen molar-refractivity contribution >= 4 is 45.0 Å². The molecule has 0 spiro atoms. The molecular weight excluding hydrogens is 394 g/mol. The number of aromatic nitrogens is 1. The van der Waals surface area contributed by atoms with Crippen LogP contribution in [-0.4, -0.2) is 43.0 Å². The number of rotatable bonds is 6. The molecule has 0 fully saturated rings. The maximum absolute atomic E-state index is 13.3. The molecule has 28 heavy (non-hydrogen) atoms. The van der Waals surface area contributed by atoms with E-state index in [1.54, 1.807) is 16.2 Å². The Balaban J connectivity index is 0.00000280. The normalized spacial score (nSPS) is 11.1. The summed E-state index contributed by atoms with van der Waals surface area (Å²) in [5, 5.41) is 0.751. The molecule has 0 radical (unpaired) electrons. The molecular formula is C21H28ClN3O2S. The van der Waals surface area contributed by atoms with Crippen LogP contribution < -0.4 is 4.90 Å². The van der Waals surface area contributed by atoms with E-state index in [0.717, 1.165) is 34.1 Å². The number of anilines is 1. The fraction of sp³-hybridized carbons (Fsp3) is 0.429. The highest BCUT2D eigenvalue weighted by Crippen LogP contribution is 2.33. The standard InChI is InChI=1S/C21H27N3O2S.ClH/c1-13-8-9-18-19(15(13)3)22-21(27-18)24(11-7-10-23(5)6)20(25)17-12-14(2)26-16(17)4;/h8-9,12H,7,10-11H2,1-6H3;1H. The summed E-state index contributed by atoms with van der Waals surface area (Å²) in [5.41, 5.74) is 3.99. The molecule has 0 bridgehead atoms. The van der Waals surface area contributed by atoms with Crippen LogP contribution in [0.3, 0.4) is 0 Å². The van der Waals surface area contributed by atoms with Crippen LogP contribution in [0, 0.1) is 27.7 Å². The summed E-state index contributed by atoms with van der Waals surface area (Å²) in [6.07, 6.45) is 0.878. The molecule has 2 heterocycles. The first-order chi connectivity index (χ1) is 12.8. The molecule has 152 valence electrons. The molecule has 0 aliphatic carbocycles. The van der Waals surface area contributed by atoms with Gasteiger partial charge in [0.15, 0.2) is 5.13 Å². The second-order valence-corrected chi connectivity index (χ2v) is 8.30. The van der Waals surface area contributed by atoms with Crippen molar-refractivity contribution in [3.05, 3.63) is 46.4 Å². The number of hydrogen-bond acceptors (Lipinski definition) is 5. The van der Waals surface area contributed by atoms with Gasteiger partial charge in [0, 0.05) is 6.54 Å². The third kappa shape index (κ3) is 4.57. The predicted octanol–water partition coefficient (Wildman–Crippen LogP) is 5.14. The van der Waals surface area contributed by atoms with Gasteiger partial charge in [-0.05, 0) is 78.0 Å². The number of halogens is 1. The first kappa shape index (κ1) is 22.4. The van der Waals surface area contributed by atoms with Crippen molar-refractivity contribution in [1.82, 2.24) is 9.88 Å². The van der Waals surface area contributed by atoms with Crippen molar-refractivity contribution in [2.45, 2.75) is 34.1 Å². The molecule has 3 aromatic rings. The van der Waals surface area contributed by atoms with Crippen LogP contribution in [0.5, 0.6) is 0 Å². The summed E-state index contributed by atoms with van der Waals surface area (Å²) < 4.78 is 6.70. The summed E-state index contributed by atoms with van der Waals surface area (Å²) in [6.45, 7) is 9.41. The topological polar surface area (TPSA) is 49.6 Å². The van der Waals surface area contributed by atoms with Crippen LogP contribution in [0.15, 0.2) is 22.6 Å². The highest BCUT2D eigenvalue weighted by atomic mass is 35.5.